The van der Waals surface area contributed by atoms with E-state index in [4.69, 9.17) is 5.73 Å². The number of carbonyl (C=O) groups excluding carboxylic acids is 1. The molecule has 2 aromatic carbocycles. The van der Waals surface area contributed by atoms with Crippen molar-refractivity contribution < 1.29 is 15.0 Å². The van der Waals surface area contributed by atoms with Gasteiger partial charge in [0.25, 0.3) is 0 Å². The van der Waals surface area contributed by atoms with Crippen molar-refractivity contribution in [2.24, 2.45) is 5.73 Å². The molecule has 7 heteroatoms. The van der Waals surface area contributed by atoms with Gasteiger partial charge in [-0.1, -0.05) is 26.8 Å². The Morgan fingerprint density at radius 1 is 1.16 bits per heavy atom. The molecule has 5 N–H and O–H groups in total. The molecular formula is C25H32BN3O3. The van der Waals surface area contributed by atoms with Crippen molar-refractivity contribution in [3.8, 4) is 11.5 Å². The predicted molar refractivity (Wildman–Crippen MR) is 131 cm³/mol. The van der Waals surface area contributed by atoms with Crippen LogP contribution in [0.5, 0.6) is 11.5 Å². The summed E-state index contributed by atoms with van der Waals surface area (Å²) in [6, 6.07) is 12.9. The smallest absolute Gasteiger partial charge is 0.235 e. The van der Waals surface area contributed by atoms with E-state index in [1.807, 2.05) is 12.1 Å². The number of hydrogen-bond acceptors (Lipinski definition) is 4. The third-order valence-corrected chi connectivity index (χ3v) is 6.54. The SMILES string of the molecule is BC(CN)Cn1c(C(C)(C)C)cc2cc(NC(=O)C3(c4ccc(O)c(O)c4)CC3)ccc21. The number of hydrogen-bond donors (Lipinski definition) is 4. The van der Waals surface area contributed by atoms with Gasteiger partial charge in [0.1, 0.15) is 7.85 Å². The Labute approximate surface area is 189 Å². The highest BCUT2D eigenvalue weighted by molar-refractivity contribution is 6.11. The zero-order chi connectivity index (χ0) is 23.3. The summed E-state index contributed by atoms with van der Waals surface area (Å²) in [6.07, 6.45) is 1.43. The normalized spacial score (nSPS) is 16.1. The van der Waals surface area contributed by atoms with Crippen LogP contribution in [0.2, 0.25) is 5.82 Å². The molecule has 1 aliphatic rings. The van der Waals surface area contributed by atoms with Gasteiger partial charge in [-0.25, -0.2) is 0 Å². The lowest BCUT2D eigenvalue weighted by atomic mass is 9.86. The van der Waals surface area contributed by atoms with Gasteiger partial charge in [0.15, 0.2) is 11.5 Å². The van der Waals surface area contributed by atoms with E-state index in [1.54, 1.807) is 6.07 Å². The van der Waals surface area contributed by atoms with Gasteiger partial charge >= 0.3 is 0 Å². The Hall–Kier alpha value is -2.93. The van der Waals surface area contributed by atoms with Gasteiger partial charge in [-0.3, -0.25) is 4.79 Å². The molecule has 1 amide bonds. The second kappa shape index (κ2) is 7.89. The number of fused-ring (bicyclic) bond motifs is 1. The molecule has 0 bridgehead atoms. The Bertz CT molecular complexity index is 1180. The minimum absolute atomic E-state index is 0.0182. The maximum atomic E-state index is 13.2. The van der Waals surface area contributed by atoms with E-state index in [1.165, 1.54) is 17.8 Å². The minimum atomic E-state index is -0.654. The van der Waals surface area contributed by atoms with Crippen molar-refractivity contribution in [2.75, 3.05) is 11.9 Å². The molecule has 0 spiro atoms. The van der Waals surface area contributed by atoms with Crippen LogP contribution < -0.4 is 11.1 Å². The zero-order valence-electron chi connectivity index (χ0n) is 19.3. The number of aromatic hydroxyl groups is 2. The van der Waals surface area contributed by atoms with Crippen LogP contribution in [0.1, 0.15) is 44.9 Å². The highest BCUT2D eigenvalue weighted by Gasteiger charge is 2.51. The number of nitrogens with two attached hydrogens (primary N) is 1. The summed E-state index contributed by atoms with van der Waals surface area (Å²) in [7, 11) is 2.16. The molecule has 1 unspecified atom stereocenters. The summed E-state index contributed by atoms with van der Waals surface area (Å²) in [5.41, 5.74) is 9.08. The average molecular weight is 433 g/mol. The van der Waals surface area contributed by atoms with Gasteiger partial charge < -0.3 is 25.8 Å². The largest absolute Gasteiger partial charge is 0.504 e. The highest BCUT2D eigenvalue weighted by Crippen LogP contribution is 2.50. The van der Waals surface area contributed by atoms with Gasteiger partial charge in [-0.05, 0) is 67.2 Å². The number of carbonyl (C=O) groups is 1. The van der Waals surface area contributed by atoms with Crippen LogP contribution in [0.25, 0.3) is 10.9 Å². The summed E-state index contributed by atoms with van der Waals surface area (Å²) in [5.74, 6) is -0.110. The lowest BCUT2D eigenvalue weighted by Crippen LogP contribution is -2.27. The van der Waals surface area contributed by atoms with E-state index < -0.39 is 5.41 Å². The van der Waals surface area contributed by atoms with Gasteiger partial charge in [0, 0.05) is 34.2 Å². The van der Waals surface area contributed by atoms with E-state index >= 15 is 0 Å². The van der Waals surface area contributed by atoms with Crippen LogP contribution in [0.3, 0.4) is 0 Å². The first-order chi connectivity index (χ1) is 15.0. The van der Waals surface area contributed by atoms with Crippen molar-refractivity contribution in [1.82, 2.24) is 4.57 Å². The lowest BCUT2D eigenvalue weighted by molar-refractivity contribution is -0.118. The molecule has 3 aromatic rings. The van der Waals surface area contributed by atoms with Crippen molar-refractivity contribution in [2.45, 2.75) is 56.8 Å². The second-order valence-electron chi connectivity index (χ2n) is 10.2. The molecule has 0 aliphatic heterocycles. The van der Waals surface area contributed by atoms with Crippen LogP contribution in [-0.4, -0.2) is 35.1 Å². The quantitative estimate of drug-likeness (QED) is 0.354. The molecule has 6 nitrogen and oxygen atoms in total. The fraction of sp³-hybridized carbons (Fsp3) is 0.400. The number of rotatable bonds is 6. The number of phenols is 2. The number of phenolic OH excluding ortho intramolecular Hbond substituents is 2. The molecule has 1 aliphatic carbocycles. The average Bonchev–Trinajstić information content (AvgIpc) is 3.47. The Balaban J connectivity index is 1.64. The number of benzene rings is 2. The van der Waals surface area contributed by atoms with Crippen molar-refractivity contribution in [1.29, 1.82) is 0 Å². The Morgan fingerprint density at radius 2 is 1.88 bits per heavy atom. The minimum Gasteiger partial charge on any atom is -0.504 e. The van der Waals surface area contributed by atoms with Gasteiger partial charge in [-0.15, -0.1) is 0 Å². The third-order valence-electron chi connectivity index (χ3n) is 6.54. The molecule has 1 fully saturated rings. The van der Waals surface area contributed by atoms with Crippen molar-refractivity contribution >= 4 is 30.3 Å². The predicted octanol–water partition coefficient (Wildman–Crippen LogP) is 3.40. The molecule has 1 aromatic heterocycles. The van der Waals surface area contributed by atoms with E-state index in [0.29, 0.717) is 25.2 Å². The molecule has 168 valence electrons. The second-order valence-corrected chi connectivity index (χ2v) is 10.2. The van der Waals surface area contributed by atoms with Crippen LogP contribution in [0, 0.1) is 0 Å². The molecule has 32 heavy (non-hydrogen) atoms. The molecular weight excluding hydrogens is 401 g/mol. The summed E-state index contributed by atoms with van der Waals surface area (Å²) >= 11 is 0. The zero-order valence-corrected chi connectivity index (χ0v) is 19.3. The summed E-state index contributed by atoms with van der Waals surface area (Å²) in [4.78, 5) is 13.2. The standard InChI is InChI=1S/C25H32BN3O3/c1-24(2,3)22-11-15-10-18(5-6-19(15)29(22)14-17(26)13-27)28-23(32)25(8-9-25)16-4-7-20(30)21(31)12-16/h4-7,10-12,17,30-31H,8-9,13-14,26-27H2,1-3H3,(H,28,32). The van der Waals surface area contributed by atoms with Crippen LogP contribution in [0.4, 0.5) is 5.69 Å². The number of aromatic nitrogens is 1. The topological polar surface area (TPSA) is 101 Å². The molecule has 1 atom stereocenters. The molecule has 0 saturated heterocycles. The summed E-state index contributed by atoms with van der Waals surface area (Å²) in [5, 5.41) is 23.6. The lowest BCUT2D eigenvalue weighted by Gasteiger charge is -2.24. The first-order valence-electron chi connectivity index (χ1n) is 11.2. The summed E-state index contributed by atoms with van der Waals surface area (Å²) in [6.45, 7) is 8.10. The third kappa shape index (κ3) is 3.97. The summed E-state index contributed by atoms with van der Waals surface area (Å²) < 4.78 is 2.35. The fourth-order valence-corrected chi connectivity index (χ4v) is 4.40. The Kier molecular flexibility index (Phi) is 5.49. The number of anilines is 1. The fourth-order valence-electron chi connectivity index (χ4n) is 4.40. The van der Waals surface area contributed by atoms with E-state index in [9.17, 15) is 15.0 Å². The van der Waals surface area contributed by atoms with Crippen LogP contribution in [0.15, 0.2) is 42.5 Å². The molecule has 1 heterocycles. The van der Waals surface area contributed by atoms with E-state index in [2.05, 4.69) is 50.6 Å². The van der Waals surface area contributed by atoms with Crippen LogP contribution in [-0.2, 0) is 22.2 Å². The number of nitrogens with one attached hydrogen (secondary N) is 1. The van der Waals surface area contributed by atoms with Gasteiger partial charge in [0.05, 0.1) is 5.41 Å². The van der Waals surface area contributed by atoms with E-state index in [-0.39, 0.29) is 22.8 Å². The maximum absolute atomic E-state index is 13.2. The Morgan fingerprint density at radius 3 is 2.47 bits per heavy atom. The van der Waals surface area contributed by atoms with Crippen LogP contribution >= 0.6 is 0 Å². The van der Waals surface area contributed by atoms with Gasteiger partial charge in [-0.2, -0.15) is 0 Å². The molecule has 1 saturated carbocycles. The molecule has 4 rings (SSSR count). The first kappa shape index (κ1) is 22.3. The number of amides is 1. The molecule has 0 radical (unpaired) electrons. The van der Waals surface area contributed by atoms with E-state index in [0.717, 1.165) is 28.7 Å². The first-order valence-corrected chi connectivity index (χ1v) is 11.2. The monoisotopic (exact) mass is 433 g/mol. The maximum Gasteiger partial charge on any atom is 0.235 e. The van der Waals surface area contributed by atoms with Crippen molar-refractivity contribution in [3.63, 3.8) is 0 Å². The number of nitrogens with zero attached hydrogens (tertiary/aromatic N) is 1. The highest BCUT2D eigenvalue weighted by atomic mass is 16.3. The van der Waals surface area contributed by atoms with Crippen molar-refractivity contribution in [3.05, 3.63) is 53.7 Å². The van der Waals surface area contributed by atoms with Gasteiger partial charge in [0.2, 0.25) is 5.91 Å².